The zero-order valence-electron chi connectivity index (χ0n) is 15.0. The number of carboxylic acid groups (broad SMARTS) is 1. The van der Waals surface area contributed by atoms with Crippen molar-refractivity contribution < 1.29 is 28.7 Å². The number of Topliss-reactive ketones (excluding diaryl/α,β-unsaturated/α-hetero) is 1. The van der Waals surface area contributed by atoms with Gasteiger partial charge in [-0.2, -0.15) is 0 Å². The maximum absolute atomic E-state index is 13.9. The van der Waals surface area contributed by atoms with E-state index in [1.54, 1.807) is 6.07 Å². The molecule has 0 saturated heterocycles. The lowest BCUT2D eigenvalue weighted by molar-refractivity contribution is -0.144. The number of ketones is 1. The highest BCUT2D eigenvalue weighted by Crippen LogP contribution is 2.24. The predicted molar refractivity (Wildman–Crippen MR) is 94.2 cm³/mol. The summed E-state index contributed by atoms with van der Waals surface area (Å²) >= 11 is 0. The van der Waals surface area contributed by atoms with Crippen LogP contribution >= 0.6 is 0 Å². The van der Waals surface area contributed by atoms with E-state index in [1.807, 2.05) is 0 Å². The standard InChI is InChI=1S/C19H23FN2O5/c1-11(23)21-16(10-12-5-2-3-8-15(12)20)18(25)22-17(19(26)27)13-6-4-7-14(24)9-13/h2-3,5,8,13,16-17H,4,6-7,9-10H2,1H3,(H,21,23)(H,22,25)(H,26,27)/t13-,16-,17+/m0/s1. The van der Waals surface area contributed by atoms with Gasteiger partial charge in [-0.3, -0.25) is 14.4 Å². The number of aliphatic carboxylic acids is 1. The summed E-state index contributed by atoms with van der Waals surface area (Å²) in [6.07, 6.45) is 1.48. The molecule has 2 rings (SSSR count). The number of hydrogen-bond acceptors (Lipinski definition) is 4. The second kappa shape index (κ2) is 9.25. The third-order valence-electron chi connectivity index (χ3n) is 4.63. The molecule has 0 heterocycles. The van der Waals surface area contributed by atoms with E-state index in [0.29, 0.717) is 19.3 Å². The number of nitrogens with one attached hydrogen (secondary N) is 2. The van der Waals surface area contributed by atoms with Crippen molar-refractivity contribution in [2.45, 2.75) is 51.1 Å². The van der Waals surface area contributed by atoms with Gasteiger partial charge in [0, 0.05) is 26.2 Å². The molecule has 1 aromatic carbocycles. The predicted octanol–water partition coefficient (Wildman–Crippen LogP) is 1.20. The van der Waals surface area contributed by atoms with Gasteiger partial charge in [0.05, 0.1) is 0 Å². The number of amides is 2. The third kappa shape index (κ3) is 5.87. The van der Waals surface area contributed by atoms with E-state index in [1.165, 1.54) is 25.1 Å². The Morgan fingerprint density at radius 2 is 1.96 bits per heavy atom. The van der Waals surface area contributed by atoms with E-state index in [9.17, 15) is 28.7 Å². The zero-order chi connectivity index (χ0) is 20.0. The molecule has 0 spiro atoms. The monoisotopic (exact) mass is 378 g/mol. The van der Waals surface area contributed by atoms with Crippen LogP contribution in [0.1, 0.15) is 38.2 Å². The molecule has 3 atom stereocenters. The first-order valence-electron chi connectivity index (χ1n) is 8.83. The lowest BCUT2D eigenvalue weighted by Crippen LogP contribution is -2.54. The highest BCUT2D eigenvalue weighted by atomic mass is 19.1. The minimum absolute atomic E-state index is 0.0310. The molecule has 0 radical (unpaired) electrons. The van der Waals surface area contributed by atoms with E-state index in [4.69, 9.17) is 0 Å². The zero-order valence-corrected chi connectivity index (χ0v) is 15.0. The van der Waals surface area contributed by atoms with Crippen molar-refractivity contribution in [1.29, 1.82) is 0 Å². The molecule has 27 heavy (non-hydrogen) atoms. The fourth-order valence-corrected chi connectivity index (χ4v) is 3.32. The fraction of sp³-hybridized carbons (Fsp3) is 0.474. The summed E-state index contributed by atoms with van der Waals surface area (Å²) in [6.45, 7) is 1.22. The molecule has 3 N–H and O–H groups in total. The molecule has 1 aromatic rings. The molecule has 2 amide bonds. The quantitative estimate of drug-likeness (QED) is 0.660. The molecular formula is C19H23FN2O5. The molecule has 0 aromatic heterocycles. The Hall–Kier alpha value is -2.77. The Bertz CT molecular complexity index is 737. The van der Waals surface area contributed by atoms with Crippen LogP contribution in [0.5, 0.6) is 0 Å². The maximum Gasteiger partial charge on any atom is 0.326 e. The smallest absolute Gasteiger partial charge is 0.326 e. The molecule has 0 aliphatic heterocycles. The van der Waals surface area contributed by atoms with Crippen LogP contribution in [0.2, 0.25) is 0 Å². The van der Waals surface area contributed by atoms with E-state index in [2.05, 4.69) is 10.6 Å². The number of carbonyl (C=O) groups is 4. The van der Waals surface area contributed by atoms with Gasteiger partial charge in [0.2, 0.25) is 11.8 Å². The van der Waals surface area contributed by atoms with Gasteiger partial charge in [0.1, 0.15) is 23.7 Å². The van der Waals surface area contributed by atoms with Gasteiger partial charge in [-0.25, -0.2) is 9.18 Å². The van der Waals surface area contributed by atoms with E-state index >= 15 is 0 Å². The molecule has 7 nitrogen and oxygen atoms in total. The maximum atomic E-state index is 13.9. The molecule has 8 heteroatoms. The Kier molecular flexibility index (Phi) is 7.04. The Balaban J connectivity index is 2.15. The van der Waals surface area contributed by atoms with Crippen molar-refractivity contribution in [3.63, 3.8) is 0 Å². The number of rotatable bonds is 7. The van der Waals surface area contributed by atoms with Crippen LogP contribution in [-0.4, -0.2) is 40.8 Å². The molecule has 1 aliphatic rings. The van der Waals surface area contributed by atoms with Crippen molar-refractivity contribution in [1.82, 2.24) is 10.6 Å². The van der Waals surface area contributed by atoms with Crippen LogP contribution in [0.25, 0.3) is 0 Å². The lowest BCUT2D eigenvalue weighted by Gasteiger charge is -2.29. The minimum Gasteiger partial charge on any atom is -0.480 e. The van der Waals surface area contributed by atoms with Crippen LogP contribution in [0.15, 0.2) is 24.3 Å². The van der Waals surface area contributed by atoms with Crippen LogP contribution in [-0.2, 0) is 25.6 Å². The average Bonchev–Trinajstić information content (AvgIpc) is 2.60. The lowest BCUT2D eigenvalue weighted by atomic mass is 9.83. The summed E-state index contributed by atoms with van der Waals surface area (Å²) in [5.74, 6) is -3.51. The summed E-state index contributed by atoms with van der Waals surface area (Å²) in [7, 11) is 0. The van der Waals surface area contributed by atoms with Crippen molar-refractivity contribution in [2.24, 2.45) is 5.92 Å². The van der Waals surface area contributed by atoms with Gasteiger partial charge < -0.3 is 15.7 Å². The SMILES string of the molecule is CC(=O)N[C@@H](Cc1ccccc1F)C(=O)N[C@@H](C(=O)O)[C@H]1CCCC(=O)C1. The molecular weight excluding hydrogens is 355 g/mol. The first-order valence-corrected chi connectivity index (χ1v) is 8.83. The molecule has 1 aliphatic carbocycles. The topological polar surface area (TPSA) is 113 Å². The summed E-state index contributed by atoms with van der Waals surface area (Å²) in [5.41, 5.74) is 0.228. The van der Waals surface area contributed by atoms with Crippen LogP contribution in [0.4, 0.5) is 4.39 Å². The second-order valence-electron chi connectivity index (χ2n) is 6.77. The van der Waals surface area contributed by atoms with Crippen molar-refractivity contribution in [3.05, 3.63) is 35.6 Å². The highest BCUT2D eigenvalue weighted by Gasteiger charge is 2.35. The molecule has 146 valence electrons. The molecule has 1 fully saturated rings. The minimum atomic E-state index is -1.24. The molecule has 0 bridgehead atoms. The van der Waals surface area contributed by atoms with Gasteiger partial charge in [-0.1, -0.05) is 18.2 Å². The van der Waals surface area contributed by atoms with Crippen LogP contribution in [0.3, 0.4) is 0 Å². The van der Waals surface area contributed by atoms with Crippen molar-refractivity contribution in [3.8, 4) is 0 Å². The first kappa shape index (κ1) is 20.5. The normalized spacial score (nSPS) is 19.0. The van der Waals surface area contributed by atoms with Gasteiger partial charge in [-0.15, -0.1) is 0 Å². The third-order valence-corrected chi connectivity index (χ3v) is 4.63. The average molecular weight is 378 g/mol. The van der Waals surface area contributed by atoms with Gasteiger partial charge in [0.15, 0.2) is 0 Å². The number of carbonyl (C=O) groups excluding carboxylic acids is 3. The fourth-order valence-electron chi connectivity index (χ4n) is 3.32. The number of benzene rings is 1. The number of carboxylic acids is 1. The van der Waals surface area contributed by atoms with Gasteiger partial charge >= 0.3 is 5.97 Å². The van der Waals surface area contributed by atoms with E-state index < -0.39 is 41.6 Å². The highest BCUT2D eigenvalue weighted by molar-refractivity contribution is 5.90. The summed E-state index contributed by atoms with van der Waals surface area (Å²) in [4.78, 5) is 47.4. The second-order valence-corrected chi connectivity index (χ2v) is 6.77. The summed E-state index contributed by atoms with van der Waals surface area (Å²) in [5, 5.41) is 14.3. The first-order chi connectivity index (χ1) is 12.8. The largest absolute Gasteiger partial charge is 0.480 e. The van der Waals surface area contributed by atoms with E-state index in [0.717, 1.165) is 0 Å². The Morgan fingerprint density at radius 3 is 2.56 bits per heavy atom. The van der Waals surface area contributed by atoms with Gasteiger partial charge in [0.25, 0.3) is 0 Å². The van der Waals surface area contributed by atoms with Crippen molar-refractivity contribution >= 4 is 23.6 Å². The Labute approximate surface area is 156 Å². The molecule has 1 saturated carbocycles. The summed E-state index contributed by atoms with van der Waals surface area (Å²) in [6, 6.07) is 3.48. The van der Waals surface area contributed by atoms with Crippen LogP contribution in [0, 0.1) is 11.7 Å². The molecule has 0 unspecified atom stereocenters. The Morgan fingerprint density at radius 1 is 1.26 bits per heavy atom. The number of halogens is 1. The number of hydrogen-bond donors (Lipinski definition) is 3. The van der Waals surface area contributed by atoms with Gasteiger partial charge in [-0.05, 0) is 30.4 Å². The van der Waals surface area contributed by atoms with Crippen molar-refractivity contribution in [2.75, 3.05) is 0 Å². The summed E-state index contributed by atoms with van der Waals surface area (Å²) < 4.78 is 13.9. The van der Waals surface area contributed by atoms with E-state index in [-0.39, 0.29) is 24.2 Å². The van der Waals surface area contributed by atoms with Crippen LogP contribution < -0.4 is 10.6 Å².